The molecular formula is C52H36N2. The summed E-state index contributed by atoms with van der Waals surface area (Å²) >= 11 is 0. The SMILES string of the molecule is c1ccc(-c2ccc(-c3ccc(N(c4ccccc4-c4cccc5cccc(-c6ccccc6)c45)c4cccc5c4[nH]c4ccccc45)cc3)cc2)cc1. The number of hydrogen-bond donors (Lipinski definition) is 1. The van der Waals surface area contributed by atoms with Gasteiger partial charge in [-0.2, -0.15) is 0 Å². The summed E-state index contributed by atoms with van der Waals surface area (Å²) in [6.45, 7) is 0. The highest BCUT2D eigenvalue weighted by molar-refractivity contribution is 6.14. The number of aromatic amines is 1. The van der Waals surface area contributed by atoms with Gasteiger partial charge in [-0.3, -0.25) is 0 Å². The summed E-state index contributed by atoms with van der Waals surface area (Å²) in [7, 11) is 0. The van der Waals surface area contributed by atoms with Gasteiger partial charge in [0.15, 0.2) is 0 Å². The van der Waals surface area contributed by atoms with Crippen molar-refractivity contribution in [2.24, 2.45) is 0 Å². The van der Waals surface area contributed by atoms with Gasteiger partial charge in [-0.05, 0) is 80.0 Å². The van der Waals surface area contributed by atoms with Crippen LogP contribution in [0.15, 0.2) is 212 Å². The van der Waals surface area contributed by atoms with Gasteiger partial charge in [0.05, 0.1) is 16.9 Å². The molecule has 0 aliphatic carbocycles. The first-order valence-corrected chi connectivity index (χ1v) is 18.5. The van der Waals surface area contributed by atoms with Crippen molar-refractivity contribution in [3.63, 3.8) is 0 Å². The van der Waals surface area contributed by atoms with Crippen LogP contribution in [-0.4, -0.2) is 4.98 Å². The highest BCUT2D eigenvalue weighted by Crippen LogP contribution is 2.47. The molecule has 0 atom stereocenters. The van der Waals surface area contributed by atoms with E-state index in [0.29, 0.717) is 0 Å². The topological polar surface area (TPSA) is 19.0 Å². The van der Waals surface area contributed by atoms with Gasteiger partial charge in [-0.25, -0.2) is 0 Å². The van der Waals surface area contributed by atoms with Crippen LogP contribution >= 0.6 is 0 Å². The molecule has 0 saturated carbocycles. The number of nitrogens with one attached hydrogen (secondary N) is 1. The number of rotatable bonds is 7. The van der Waals surface area contributed by atoms with E-state index in [1.165, 1.54) is 66.1 Å². The summed E-state index contributed by atoms with van der Waals surface area (Å²) in [6, 6.07) is 76.6. The van der Waals surface area contributed by atoms with E-state index in [4.69, 9.17) is 0 Å². The van der Waals surface area contributed by atoms with Crippen molar-refractivity contribution in [3.8, 4) is 44.5 Å². The second-order valence-electron chi connectivity index (χ2n) is 13.8. The van der Waals surface area contributed by atoms with Gasteiger partial charge in [-0.1, -0.05) is 182 Å². The first-order valence-electron chi connectivity index (χ1n) is 18.5. The molecule has 54 heavy (non-hydrogen) atoms. The van der Waals surface area contributed by atoms with Gasteiger partial charge in [-0.15, -0.1) is 0 Å². The lowest BCUT2D eigenvalue weighted by atomic mass is 9.90. The lowest BCUT2D eigenvalue weighted by Gasteiger charge is -2.29. The molecule has 1 heterocycles. The van der Waals surface area contributed by atoms with Crippen molar-refractivity contribution in [1.82, 2.24) is 4.98 Å². The highest BCUT2D eigenvalue weighted by atomic mass is 15.2. The van der Waals surface area contributed by atoms with Gasteiger partial charge >= 0.3 is 0 Å². The Labute approximate surface area is 315 Å². The molecule has 0 aliphatic heterocycles. The van der Waals surface area contributed by atoms with Crippen LogP contribution in [0.4, 0.5) is 17.1 Å². The summed E-state index contributed by atoms with van der Waals surface area (Å²) in [5, 5.41) is 4.89. The smallest absolute Gasteiger partial charge is 0.0709 e. The number of hydrogen-bond acceptors (Lipinski definition) is 1. The van der Waals surface area contributed by atoms with Crippen LogP contribution in [0.1, 0.15) is 0 Å². The molecule has 0 radical (unpaired) electrons. The molecule has 10 rings (SSSR count). The predicted molar refractivity (Wildman–Crippen MR) is 230 cm³/mol. The lowest BCUT2D eigenvalue weighted by molar-refractivity contribution is 1.29. The van der Waals surface area contributed by atoms with E-state index in [1.54, 1.807) is 0 Å². The molecule has 9 aromatic carbocycles. The van der Waals surface area contributed by atoms with Crippen LogP contribution < -0.4 is 4.90 Å². The van der Waals surface area contributed by atoms with Crippen LogP contribution in [0.2, 0.25) is 0 Å². The van der Waals surface area contributed by atoms with Crippen LogP contribution in [0.25, 0.3) is 77.1 Å². The Hall–Kier alpha value is -7.16. The Morgan fingerprint density at radius 2 is 0.815 bits per heavy atom. The highest BCUT2D eigenvalue weighted by Gasteiger charge is 2.22. The Bertz CT molecular complexity index is 2900. The third kappa shape index (κ3) is 5.53. The minimum atomic E-state index is 1.08. The minimum absolute atomic E-state index is 1.08. The molecule has 1 aromatic heterocycles. The summed E-state index contributed by atoms with van der Waals surface area (Å²) in [4.78, 5) is 6.23. The van der Waals surface area contributed by atoms with E-state index < -0.39 is 0 Å². The Morgan fingerprint density at radius 1 is 0.315 bits per heavy atom. The van der Waals surface area contributed by atoms with Crippen molar-refractivity contribution >= 4 is 49.6 Å². The maximum Gasteiger partial charge on any atom is 0.0709 e. The lowest BCUT2D eigenvalue weighted by Crippen LogP contribution is -2.12. The third-order valence-corrected chi connectivity index (χ3v) is 10.6. The third-order valence-electron chi connectivity index (χ3n) is 10.6. The molecule has 0 amide bonds. The summed E-state index contributed by atoms with van der Waals surface area (Å²) in [6.07, 6.45) is 0. The second-order valence-corrected chi connectivity index (χ2v) is 13.8. The fraction of sp³-hybridized carbons (Fsp3) is 0. The Morgan fingerprint density at radius 3 is 1.54 bits per heavy atom. The number of benzene rings is 9. The van der Waals surface area contributed by atoms with Gasteiger partial charge < -0.3 is 9.88 Å². The van der Waals surface area contributed by atoms with Crippen molar-refractivity contribution < 1.29 is 0 Å². The number of para-hydroxylation sites is 3. The monoisotopic (exact) mass is 688 g/mol. The minimum Gasteiger partial charge on any atom is -0.353 e. The standard InChI is InChI=1S/C52H36N2/c1-3-14-36(15-4-1)37-28-30-38(31-29-37)39-32-34-42(35-33-39)54(50-27-13-24-47-44-20-7-9-25-48(44)53-52(47)50)49-26-10-8-21-45(49)46-23-12-19-41-18-11-22-43(51(41)46)40-16-5-2-6-17-40/h1-35,53H. The van der Waals surface area contributed by atoms with Crippen LogP contribution in [0, 0.1) is 0 Å². The molecule has 0 fully saturated rings. The Kier molecular flexibility index (Phi) is 7.85. The quantitative estimate of drug-likeness (QED) is 0.177. The van der Waals surface area contributed by atoms with Crippen LogP contribution in [0.3, 0.4) is 0 Å². The van der Waals surface area contributed by atoms with E-state index >= 15 is 0 Å². The summed E-state index contributed by atoms with van der Waals surface area (Å²) in [5.41, 5.74) is 15.1. The van der Waals surface area contributed by atoms with E-state index in [-0.39, 0.29) is 0 Å². The van der Waals surface area contributed by atoms with E-state index in [1.807, 2.05) is 0 Å². The number of aromatic nitrogens is 1. The maximum atomic E-state index is 3.80. The number of H-pyrrole nitrogens is 1. The fourth-order valence-corrected chi connectivity index (χ4v) is 8.06. The van der Waals surface area contributed by atoms with Gasteiger partial charge in [0.2, 0.25) is 0 Å². The predicted octanol–water partition coefficient (Wildman–Crippen LogP) is 14.6. The number of nitrogens with zero attached hydrogens (tertiary/aromatic N) is 1. The first kappa shape index (κ1) is 31.6. The normalized spacial score (nSPS) is 11.3. The molecule has 2 nitrogen and oxygen atoms in total. The molecule has 10 aromatic rings. The summed E-state index contributed by atoms with van der Waals surface area (Å²) in [5.74, 6) is 0. The Balaban J connectivity index is 1.16. The molecule has 2 heteroatoms. The average molecular weight is 689 g/mol. The molecule has 0 unspecified atom stereocenters. The van der Waals surface area contributed by atoms with Crippen molar-refractivity contribution in [2.75, 3.05) is 4.90 Å². The second kappa shape index (κ2) is 13.4. The zero-order valence-electron chi connectivity index (χ0n) is 29.7. The van der Waals surface area contributed by atoms with Crippen molar-refractivity contribution in [2.45, 2.75) is 0 Å². The van der Waals surface area contributed by atoms with Crippen molar-refractivity contribution in [3.05, 3.63) is 212 Å². The summed E-state index contributed by atoms with van der Waals surface area (Å²) < 4.78 is 0. The molecule has 0 aliphatic rings. The van der Waals surface area contributed by atoms with Gasteiger partial charge in [0.1, 0.15) is 0 Å². The zero-order valence-corrected chi connectivity index (χ0v) is 29.7. The van der Waals surface area contributed by atoms with Crippen LogP contribution in [0.5, 0.6) is 0 Å². The molecule has 254 valence electrons. The molecule has 0 saturated heterocycles. The number of anilines is 3. The van der Waals surface area contributed by atoms with Gasteiger partial charge in [0.25, 0.3) is 0 Å². The van der Waals surface area contributed by atoms with E-state index in [9.17, 15) is 0 Å². The first-order chi connectivity index (χ1) is 26.8. The molecule has 0 bridgehead atoms. The van der Waals surface area contributed by atoms with E-state index in [0.717, 1.165) is 28.1 Å². The van der Waals surface area contributed by atoms with Gasteiger partial charge in [0, 0.05) is 27.5 Å². The average Bonchev–Trinajstić information content (AvgIpc) is 3.64. The maximum absolute atomic E-state index is 3.80. The largest absolute Gasteiger partial charge is 0.353 e. The molecule has 0 spiro atoms. The number of fused-ring (bicyclic) bond motifs is 4. The molecule has 1 N–H and O–H groups in total. The van der Waals surface area contributed by atoms with E-state index in [2.05, 4.69) is 222 Å². The fourth-order valence-electron chi connectivity index (χ4n) is 8.06. The van der Waals surface area contributed by atoms with Crippen LogP contribution in [-0.2, 0) is 0 Å². The zero-order chi connectivity index (χ0) is 35.8. The molecular weight excluding hydrogens is 653 g/mol. The van der Waals surface area contributed by atoms with Crippen molar-refractivity contribution in [1.29, 1.82) is 0 Å².